The number of ether oxygens (including phenoxy) is 4. The highest BCUT2D eigenvalue weighted by Gasteiger charge is 2.19. The van der Waals surface area contributed by atoms with E-state index >= 15 is 0 Å². The Morgan fingerprint density at radius 3 is 2.65 bits per heavy atom. The zero-order valence-electron chi connectivity index (χ0n) is 18.9. The number of rotatable bonds is 8. The van der Waals surface area contributed by atoms with Crippen LogP contribution in [0.4, 0.5) is 16.2 Å². The number of hydrogen-bond acceptors (Lipinski definition) is 10. The fourth-order valence-electron chi connectivity index (χ4n) is 3.50. The van der Waals surface area contributed by atoms with E-state index in [4.69, 9.17) is 18.9 Å². The van der Waals surface area contributed by atoms with Crippen molar-refractivity contribution in [1.82, 2.24) is 14.9 Å². The maximum Gasteiger partial charge on any atom is 0.260 e. The van der Waals surface area contributed by atoms with Crippen molar-refractivity contribution in [3.05, 3.63) is 35.8 Å². The van der Waals surface area contributed by atoms with Gasteiger partial charge in [0, 0.05) is 26.2 Å². The summed E-state index contributed by atoms with van der Waals surface area (Å²) in [6.07, 6.45) is 2.66. The molecule has 0 bridgehead atoms. The summed E-state index contributed by atoms with van der Waals surface area (Å²) in [5.41, 5.74) is 3.43. The second-order valence-electron chi connectivity index (χ2n) is 7.53. The van der Waals surface area contributed by atoms with Gasteiger partial charge in [0.25, 0.3) is 5.91 Å². The van der Waals surface area contributed by atoms with Gasteiger partial charge < -0.3 is 28.7 Å². The molecule has 34 heavy (non-hydrogen) atoms. The van der Waals surface area contributed by atoms with E-state index in [1.165, 1.54) is 7.11 Å². The topological polar surface area (TPSA) is 111 Å². The van der Waals surface area contributed by atoms with E-state index in [1.54, 1.807) is 29.3 Å². The van der Waals surface area contributed by atoms with E-state index in [9.17, 15) is 9.18 Å². The highest BCUT2D eigenvalue weighted by molar-refractivity contribution is 5.81. The first-order valence-electron chi connectivity index (χ1n) is 10.9. The molecule has 0 aliphatic carbocycles. The molecule has 2 aromatic rings. The summed E-state index contributed by atoms with van der Waals surface area (Å²) >= 11 is 0. The van der Waals surface area contributed by atoms with Crippen LogP contribution in [0, 0.1) is 5.82 Å². The second-order valence-corrected chi connectivity index (χ2v) is 7.53. The molecular weight excluding hydrogens is 447 g/mol. The number of hydrogen-bond donors (Lipinski definition) is 1. The minimum absolute atomic E-state index is 0.0846. The molecule has 182 valence electrons. The molecule has 1 N–H and O–H groups in total. The second kappa shape index (κ2) is 11.6. The van der Waals surface area contributed by atoms with Crippen LogP contribution >= 0.6 is 0 Å². The number of methoxy groups -OCH3 is 1. The molecule has 0 radical (unpaired) electrons. The summed E-state index contributed by atoms with van der Waals surface area (Å²) in [6.45, 7) is 4.27. The number of halogens is 1. The van der Waals surface area contributed by atoms with Crippen molar-refractivity contribution in [1.29, 1.82) is 0 Å². The van der Waals surface area contributed by atoms with Crippen molar-refractivity contribution in [3.8, 4) is 11.5 Å². The average Bonchev–Trinajstić information content (AvgIpc) is 2.89. The fourth-order valence-corrected chi connectivity index (χ4v) is 3.50. The van der Waals surface area contributed by atoms with Gasteiger partial charge in [0.2, 0.25) is 5.95 Å². The van der Waals surface area contributed by atoms with Crippen molar-refractivity contribution >= 4 is 23.9 Å². The van der Waals surface area contributed by atoms with Gasteiger partial charge in [-0.3, -0.25) is 4.79 Å². The number of carbonyl (C=O) groups excluding carboxylic acids is 1. The zero-order chi connectivity index (χ0) is 23.8. The van der Waals surface area contributed by atoms with Gasteiger partial charge in [-0.2, -0.15) is 10.1 Å². The third-order valence-corrected chi connectivity index (χ3v) is 5.32. The third kappa shape index (κ3) is 6.08. The summed E-state index contributed by atoms with van der Waals surface area (Å²) in [6, 6.07) is 5.20. The summed E-state index contributed by atoms with van der Waals surface area (Å²) in [4.78, 5) is 24.0. The first kappa shape index (κ1) is 23.6. The molecule has 3 heterocycles. The molecule has 4 rings (SSSR count). The Morgan fingerprint density at radius 2 is 1.91 bits per heavy atom. The van der Waals surface area contributed by atoms with Crippen LogP contribution in [0.5, 0.6) is 11.5 Å². The van der Waals surface area contributed by atoms with E-state index in [1.807, 2.05) is 4.90 Å². The van der Waals surface area contributed by atoms with E-state index in [0.717, 1.165) is 6.20 Å². The van der Waals surface area contributed by atoms with Gasteiger partial charge in [-0.1, -0.05) is 0 Å². The van der Waals surface area contributed by atoms with Crippen LogP contribution in [-0.4, -0.2) is 93.3 Å². The van der Waals surface area contributed by atoms with E-state index in [2.05, 4.69) is 20.5 Å². The number of anilines is 2. The van der Waals surface area contributed by atoms with E-state index in [0.29, 0.717) is 69.7 Å². The lowest BCUT2D eigenvalue weighted by Gasteiger charge is -2.27. The molecule has 2 aliphatic rings. The van der Waals surface area contributed by atoms with E-state index in [-0.39, 0.29) is 24.3 Å². The molecule has 2 aliphatic heterocycles. The zero-order valence-corrected chi connectivity index (χ0v) is 18.9. The van der Waals surface area contributed by atoms with Gasteiger partial charge in [0.1, 0.15) is 0 Å². The molecule has 0 saturated carbocycles. The lowest BCUT2D eigenvalue weighted by molar-refractivity contribution is -0.137. The highest BCUT2D eigenvalue weighted by atomic mass is 19.1. The SMILES string of the molecule is COc1cc(/C=N\Nc2ncc(F)c(N3CCOCC3)n2)ccc1OCC(=O)N1CCOCC1. The smallest absolute Gasteiger partial charge is 0.260 e. The lowest BCUT2D eigenvalue weighted by Crippen LogP contribution is -2.43. The molecule has 0 unspecified atom stereocenters. The summed E-state index contributed by atoms with van der Waals surface area (Å²) in [7, 11) is 1.52. The van der Waals surface area contributed by atoms with Crippen LogP contribution < -0.4 is 19.8 Å². The molecule has 2 fully saturated rings. The molecule has 0 atom stereocenters. The first-order chi connectivity index (χ1) is 16.6. The first-order valence-corrected chi connectivity index (χ1v) is 10.9. The van der Waals surface area contributed by atoms with Crippen LogP contribution in [0.25, 0.3) is 0 Å². The maximum atomic E-state index is 14.2. The number of carbonyl (C=O) groups is 1. The van der Waals surface area contributed by atoms with Crippen molar-refractivity contribution in [2.75, 3.05) is 76.6 Å². The Hall–Kier alpha value is -3.51. The highest BCUT2D eigenvalue weighted by Crippen LogP contribution is 2.27. The van der Waals surface area contributed by atoms with Crippen molar-refractivity contribution in [3.63, 3.8) is 0 Å². The predicted molar refractivity (Wildman–Crippen MR) is 122 cm³/mol. The monoisotopic (exact) mass is 474 g/mol. The molecule has 1 amide bonds. The normalized spacial score (nSPS) is 16.5. The Labute approximate surface area is 196 Å². The standard InChI is InChI=1S/C22H27FN6O5/c1-31-19-12-16(2-3-18(19)34-15-20(30)28-4-8-32-9-5-28)13-25-27-22-24-14-17(23)21(26-22)29-6-10-33-11-7-29/h2-3,12-14H,4-11,15H2,1H3,(H,24,26,27)/b25-13-. The fraction of sp³-hybridized carbons (Fsp3) is 0.455. The van der Waals surface area contributed by atoms with Crippen molar-refractivity contribution in [2.45, 2.75) is 0 Å². The number of benzene rings is 1. The summed E-state index contributed by atoms with van der Waals surface area (Å²) < 4.78 is 35.8. The van der Waals surface area contributed by atoms with Gasteiger partial charge in [-0.25, -0.2) is 14.8 Å². The third-order valence-electron chi connectivity index (χ3n) is 5.32. The van der Waals surface area contributed by atoms with E-state index < -0.39 is 5.82 Å². The van der Waals surface area contributed by atoms with Crippen molar-refractivity contribution in [2.24, 2.45) is 5.10 Å². The predicted octanol–water partition coefficient (Wildman–Crippen LogP) is 1.14. The molecule has 1 aromatic carbocycles. The minimum Gasteiger partial charge on any atom is -0.493 e. The van der Waals surface area contributed by atoms with Gasteiger partial charge >= 0.3 is 0 Å². The molecule has 1 aromatic heterocycles. The largest absolute Gasteiger partial charge is 0.493 e. The summed E-state index contributed by atoms with van der Waals surface area (Å²) in [5, 5.41) is 4.13. The Kier molecular flexibility index (Phi) is 8.04. The molecule has 11 nitrogen and oxygen atoms in total. The van der Waals surface area contributed by atoms with Gasteiger partial charge in [0.15, 0.2) is 29.7 Å². The van der Waals surface area contributed by atoms with Gasteiger partial charge in [-0.05, 0) is 23.8 Å². The Morgan fingerprint density at radius 1 is 1.18 bits per heavy atom. The lowest BCUT2D eigenvalue weighted by atomic mass is 10.2. The number of hydrazone groups is 1. The molecule has 12 heteroatoms. The summed E-state index contributed by atoms with van der Waals surface area (Å²) in [5.74, 6) is 0.705. The van der Waals surface area contributed by atoms with Gasteiger partial charge in [0.05, 0.1) is 45.9 Å². The molecular formula is C22H27FN6O5. The number of nitrogens with zero attached hydrogens (tertiary/aromatic N) is 5. The Bertz CT molecular complexity index is 1010. The van der Waals surface area contributed by atoms with Crippen LogP contribution in [0.1, 0.15) is 5.56 Å². The quantitative estimate of drug-likeness (QED) is 0.445. The number of aromatic nitrogens is 2. The van der Waals surface area contributed by atoms with Crippen molar-refractivity contribution < 1.29 is 28.1 Å². The van der Waals surface area contributed by atoms with Crippen LogP contribution in [0.15, 0.2) is 29.5 Å². The number of morpholine rings is 2. The minimum atomic E-state index is -0.496. The average molecular weight is 474 g/mol. The number of nitrogens with one attached hydrogen (secondary N) is 1. The van der Waals surface area contributed by atoms with Crippen LogP contribution in [-0.2, 0) is 14.3 Å². The van der Waals surface area contributed by atoms with Crippen LogP contribution in [0.3, 0.4) is 0 Å². The van der Waals surface area contributed by atoms with Crippen LogP contribution in [0.2, 0.25) is 0 Å². The number of amides is 1. The molecule has 0 spiro atoms. The van der Waals surface area contributed by atoms with Gasteiger partial charge in [-0.15, -0.1) is 0 Å². The maximum absolute atomic E-state index is 14.2. The Balaban J connectivity index is 1.35. The molecule has 2 saturated heterocycles.